The van der Waals surface area contributed by atoms with Gasteiger partial charge in [-0.1, -0.05) is 36.2 Å². The quantitative estimate of drug-likeness (QED) is 0.787. The zero-order valence-electron chi connectivity index (χ0n) is 12.7. The summed E-state index contributed by atoms with van der Waals surface area (Å²) in [6.45, 7) is 6.50. The summed E-state index contributed by atoms with van der Waals surface area (Å²) in [5.74, 6) is 0. The topological polar surface area (TPSA) is 21.7 Å². The standard InChI is InChI=1S/C16H23Cl2NO2/c1-3-7-19-8-10-21-16(12-19,6-9-20-2)13-4-5-14(17)15(18)11-13/h4-5,11H,3,6-10,12H2,1-2H3. The molecule has 0 N–H and O–H groups in total. The minimum absolute atomic E-state index is 0.363. The van der Waals surface area contributed by atoms with Gasteiger partial charge in [0.2, 0.25) is 0 Å². The molecule has 21 heavy (non-hydrogen) atoms. The molecule has 0 amide bonds. The molecule has 1 fully saturated rings. The summed E-state index contributed by atoms with van der Waals surface area (Å²) in [4.78, 5) is 2.45. The summed E-state index contributed by atoms with van der Waals surface area (Å²) >= 11 is 12.2. The number of hydrogen-bond acceptors (Lipinski definition) is 3. The maximum atomic E-state index is 6.20. The van der Waals surface area contributed by atoms with E-state index in [4.69, 9.17) is 32.7 Å². The van der Waals surface area contributed by atoms with Gasteiger partial charge in [0.25, 0.3) is 0 Å². The van der Waals surface area contributed by atoms with Crippen LogP contribution in [-0.4, -0.2) is 44.9 Å². The fraction of sp³-hybridized carbons (Fsp3) is 0.625. The van der Waals surface area contributed by atoms with Gasteiger partial charge in [-0.05, 0) is 30.7 Å². The van der Waals surface area contributed by atoms with Gasteiger partial charge in [0.1, 0.15) is 5.60 Å². The molecule has 0 aromatic heterocycles. The first-order valence-electron chi connectivity index (χ1n) is 7.42. The average molecular weight is 332 g/mol. The number of halogens is 2. The molecule has 1 aliphatic rings. The molecule has 5 heteroatoms. The van der Waals surface area contributed by atoms with E-state index in [-0.39, 0.29) is 5.60 Å². The van der Waals surface area contributed by atoms with Crippen molar-refractivity contribution in [3.8, 4) is 0 Å². The van der Waals surface area contributed by atoms with Gasteiger partial charge < -0.3 is 9.47 Å². The van der Waals surface area contributed by atoms with Gasteiger partial charge >= 0.3 is 0 Å². The second kappa shape index (κ2) is 7.80. The monoisotopic (exact) mass is 331 g/mol. The van der Waals surface area contributed by atoms with Gasteiger partial charge in [0, 0.05) is 33.2 Å². The van der Waals surface area contributed by atoms with E-state index in [1.165, 1.54) is 0 Å². The van der Waals surface area contributed by atoms with Gasteiger partial charge in [-0.2, -0.15) is 0 Å². The molecule has 0 radical (unpaired) electrons. The highest BCUT2D eigenvalue weighted by atomic mass is 35.5. The lowest BCUT2D eigenvalue weighted by atomic mass is 9.88. The van der Waals surface area contributed by atoms with Crippen LogP contribution >= 0.6 is 23.2 Å². The van der Waals surface area contributed by atoms with Crippen LogP contribution in [0.5, 0.6) is 0 Å². The lowest BCUT2D eigenvalue weighted by molar-refractivity contribution is -0.126. The molecule has 1 aromatic rings. The van der Waals surface area contributed by atoms with Crippen molar-refractivity contribution in [3.05, 3.63) is 33.8 Å². The van der Waals surface area contributed by atoms with Crippen molar-refractivity contribution < 1.29 is 9.47 Å². The summed E-state index contributed by atoms with van der Waals surface area (Å²) in [5, 5.41) is 1.14. The highest BCUT2D eigenvalue weighted by Gasteiger charge is 2.38. The maximum Gasteiger partial charge on any atom is 0.108 e. The summed E-state index contributed by atoms with van der Waals surface area (Å²) in [6, 6.07) is 5.78. The number of rotatable bonds is 6. The Balaban J connectivity index is 2.29. The third kappa shape index (κ3) is 4.11. The second-order valence-electron chi connectivity index (χ2n) is 5.49. The zero-order valence-corrected chi connectivity index (χ0v) is 14.2. The molecule has 1 atom stereocenters. The number of morpholine rings is 1. The van der Waals surface area contributed by atoms with Crippen molar-refractivity contribution in [1.82, 2.24) is 4.90 Å². The van der Waals surface area contributed by atoms with Crippen molar-refractivity contribution in [2.24, 2.45) is 0 Å². The fourth-order valence-electron chi connectivity index (χ4n) is 2.88. The van der Waals surface area contributed by atoms with Gasteiger partial charge in [-0.25, -0.2) is 0 Å². The van der Waals surface area contributed by atoms with E-state index >= 15 is 0 Å². The molecule has 1 unspecified atom stereocenters. The van der Waals surface area contributed by atoms with Crippen LogP contribution in [0.3, 0.4) is 0 Å². The Bertz CT molecular complexity index is 468. The van der Waals surface area contributed by atoms with E-state index in [9.17, 15) is 0 Å². The van der Waals surface area contributed by atoms with Gasteiger partial charge in [-0.15, -0.1) is 0 Å². The summed E-state index contributed by atoms with van der Waals surface area (Å²) in [7, 11) is 1.72. The van der Waals surface area contributed by atoms with E-state index < -0.39 is 0 Å². The fourth-order valence-corrected chi connectivity index (χ4v) is 3.18. The lowest BCUT2D eigenvalue weighted by Crippen LogP contribution is -2.50. The molecule has 1 aliphatic heterocycles. The van der Waals surface area contributed by atoms with E-state index in [0.717, 1.165) is 44.6 Å². The molecule has 3 nitrogen and oxygen atoms in total. The molecule has 1 aromatic carbocycles. The summed E-state index contributed by atoms with van der Waals surface area (Å²) in [6.07, 6.45) is 1.95. The smallest absolute Gasteiger partial charge is 0.108 e. The first-order valence-corrected chi connectivity index (χ1v) is 8.17. The maximum absolute atomic E-state index is 6.20. The highest BCUT2D eigenvalue weighted by molar-refractivity contribution is 6.42. The molecule has 0 saturated carbocycles. The Morgan fingerprint density at radius 2 is 2.14 bits per heavy atom. The van der Waals surface area contributed by atoms with Crippen LogP contribution in [0.1, 0.15) is 25.3 Å². The Hall–Kier alpha value is -0.320. The first kappa shape index (κ1) is 17.0. The average Bonchev–Trinajstić information content (AvgIpc) is 2.48. The van der Waals surface area contributed by atoms with E-state index in [1.54, 1.807) is 7.11 Å². The van der Waals surface area contributed by atoms with Crippen molar-refractivity contribution in [2.75, 3.05) is 40.0 Å². The Labute approximate surface area is 137 Å². The predicted molar refractivity (Wildman–Crippen MR) is 87.3 cm³/mol. The van der Waals surface area contributed by atoms with Crippen LogP contribution in [0.4, 0.5) is 0 Å². The lowest BCUT2D eigenvalue weighted by Gasteiger charge is -2.43. The summed E-state index contributed by atoms with van der Waals surface area (Å²) in [5.41, 5.74) is 0.715. The minimum atomic E-state index is -0.363. The molecule has 0 spiro atoms. The zero-order chi connectivity index (χ0) is 15.3. The second-order valence-corrected chi connectivity index (χ2v) is 6.30. The van der Waals surface area contributed by atoms with E-state index in [0.29, 0.717) is 16.7 Å². The first-order chi connectivity index (χ1) is 10.1. The van der Waals surface area contributed by atoms with Crippen LogP contribution in [0.15, 0.2) is 18.2 Å². The molecule has 1 heterocycles. The number of nitrogens with zero attached hydrogens (tertiary/aromatic N) is 1. The van der Waals surface area contributed by atoms with Crippen LogP contribution in [-0.2, 0) is 15.1 Å². The molecule has 0 aliphatic carbocycles. The predicted octanol–water partition coefficient (Wildman–Crippen LogP) is 3.97. The minimum Gasteiger partial charge on any atom is -0.385 e. The molecule has 1 saturated heterocycles. The SMILES string of the molecule is CCCN1CCOC(CCOC)(c2ccc(Cl)c(Cl)c2)C1. The largest absolute Gasteiger partial charge is 0.385 e. The molecule has 0 bridgehead atoms. The van der Waals surface area contributed by atoms with Gasteiger partial charge in [0.15, 0.2) is 0 Å². The van der Waals surface area contributed by atoms with Crippen molar-refractivity contribution >= 4 is 23.2 Å². The molecule has 118 valence electrons. The number of hydrogen-bond donors (Lipinski definition) is 0. The highest BCUT2D eigenvalue weighted by Crippen LogP contribution is 2.36. The number of methoxy groups -OCH3 is 1. The van der Waals surface area contributed by atoms with Crippen molar-refractivity contribution in [1.29, 1.82) is 0 Å². The Morgan fingerprint density at radius 1 is 1.33 bits per heavy atom. The van der Waals surface area contributed by atoms with Gasteiger partial charge in [-0.3, -0.25) is 4.90 Å². The van der Waals surface area contributed by atoms with Crippen molar-refractivity contribution in [3.63, 3.8) is 0 Å². The normalized spacial score (nSPS) is 23.4. The molecule has 2 rings (SSSR count). The number of benzene rings is 1. The summed E-state index contributed by atoms with van der Waals surface area (Å²) < 4.78 is 11.5. The van der Waals surface area contributed by atoms with Gasteiger partial charge in [0.05, 0.1) is 16.7 Å². The molecular formula is C16H23Cl2NO2. The van der Waals surface area contributed by atoms with Crippen molar-refractivity contribution in [2.45, 2.75) is 25.4 Å². The molecular weight excluding hydrogens is 309 g/mol. The number of ether oxygens (including phenoxy) is 2. The third-order valence-corrected chi connectivity index (χ3v) is 4.70. The van der Waals surface area contributed by atoms with Crippen LogP contribution in [0, 0.1) is 0 Å². The Kier molecular flexibility index (Phi) is 6.33. The van der Waals surface area contributed by atoms with E-state index in [2.05, 4.69) is 11.8 Å². The van der Waals surface area contributed by atoms with E-state index in [1.807, 2.05) is 18.2 Å². The van der Waals surface area contributed by atoms with Crippen LogP contribution in [0.2, 0.25) is 10.0 Å². The third-order valence-electron chi connectivity index (χ3n) is 3.96. The Morgan fingerprint density at radius 3 is 2.81 bits per heavy atom. The van der Waals surface area contributed by atoms with Crippen LogP contribution in [0.25, 0.3) is 0 Å². The van der Waals surface area contributed by atoms with Crippen LogP contribution < -0.4 is 0 Å².